The third-order valence-corrected chi connectivity index (χ3v) is 5.71. The van der Waals surface area contributed by atoms with E-state index in [-0.39, 0.29) is 18.6 Å². The lowest BCUT2D eigenvalue weighted by molar-refractivity contribution is 0.0991. The van der Waals surface area contributed by atoms with Crippen molar-refractivity contribution in [2.75, 3.05) is 23.6 Å². The average molecular weight is 392 g/mol. The van der Waals surface area contributed by atoms with Crippen LogP contribution in [0.3, 0.4) is 0 Å². The van der Waals surface area contributed by atoms with E-state index in [2.05, 4.69) is 5.32 Å². The topological polar surface area (TPSA) is 67.9 Å². The molecule has 0 bridgehead atoms. The molecule has 1 aromatic heterocycles. The first-order valence-corrected chi connectivity index (χ1v) is 9.76. The molecule has 0 saturated heterocycles. The molecule has 0 aliphatic carbocycles. The second-order valence-corrected chi connectivity index (χ2v) is 7.50. The fourth-order valence-corrected chi connectivity index (χ4v) is 4.11. The number of hydrogen-bond donors (Lipinski definition) is 1. The number of carbonyl (C=O) groups is 2. The van der Waals surface area contributed by atoms with E-state index in [0.29, 0.717) is 34.2 Å². The van der Waals surface area contributed by atoms with Crippen LogP contribution in [0, 0.1) is 0 Å². The maximum absolute atomic E-state index is 12.8. The lowest BCUT2D eigenvalue weighted by Gasteiger charge is -2.17. The van der Waals surface area contributed by atoms with Gasteiger partial charge in [-0.2, -0.15) is 0 Å². The van der Waals surface area contributed by atoms with Crippen LogP contribution in [0.1, 0.15) is 25.6 Å². The molecule has 2 aromatic carbocycles. The predicted octanol–water partition coefficient (Wildman–Crippen LogP) is 3.93. The fourth-order valence-electron chi connectivity index (χ4n) is 3.44. The van der Waals surface area contributed by atoms with Crippen molar-refractivity contribution >= 4 is 34.5 Å². The number of anilines is 2. The van der Waals surface area contributed by atoms with Gasteiger partial charge in [0.25, 0.3) is 11.8 Å². The SMILES string of the molecule is O=C(Nc1ccc2c(c1)N(C(=O)c1cccs1)CC2)c1ccc2c(c1)OCO2. The minimum Gasteiger partial charge on any atom is -0.454 e. The van der Waals surface area contributed by atoms with Crippen molar-refractivity contribution in [3.8, 4) is 11.5 Å². The van der Waals surface area contributed by atoms with E-state index in [1.165, 1.54) is 11.3 Å². The first-order valence-electron chi connectivity index (χ1n) is 8.88. The molecule has 3 aromatic rings. The predicted molar refractivity (Wildman–Crippen MR) is 107 cm³/mol. The summed E-state index contributed by atoms with van der Waals surface area (Å²) >= 11 is 1.43. The summed E-state index contributed by atoms with van der Waals surface area (Å²) in [4.78, 5) is 27.9. The van der Waals surface area contributed by atoms with E-state index in [1.54, 1.807) is 23.1 Å². The summed E-state index contributed by atoms with van der Waals surface area (Å²) < 4.78 is 10.6. The van der Waals surface area contributed by atoms with Gasteiger partial charge < -0.3 is 19.7 Å². The molecule has 1 N–H and O–H groups in total. The van der Waals surface area contributed by atoms with Crippen molar-refractivity contribution in [1.82, 2.24) is 0 Å². The lowest BCUT2D eigenvalue weighted by atomic mass is 10.1. The number of ether oxygens (including phenoxy) is 2. The molecule has 2 aliphatic heterocycles. The Hall–Kier alpha value is -3.32. The van der Waals surface area contributed by atoms with Gasteiger partial charge in [-0.25, -0.2) is 0 Å². The van der Waals surface area contributed by atoms with E-state index in [1.807, 2.05) is 35.7 Å². The summed E-state index contributed by atoms with van der Waals surface area (Å²) in [6.45, 7) is 0.810. The van der Waals surface area contributed by atoms with E-state index >= 15 is 0 Å². The van der Waals surface area contributed by atoms with Gasteiger partial charge in [-0.1, -0.05) is 12.1 Å². The number of carbonyl (C=O) groups excluding carboxylic acids is 2. The summed E-state index contributed by atoms with van der Waals surface area (Å²) in [5, 5.41) is 4.80. The van der Waals surface area contributed by atoms with Gasteiger partial charge in [-0.15, -0.1) is 11.3 Å². The zero-order chi connectivity index (χ0) is 19.1. The number of fused-ring (bicyclic) bond motifs is 2. The van der Waals surface area contributed by atoms with E-state index in [9.17, 15) is 9.59 Å². The van der Waals surface area contributed by atoms with Crippen molar-refractivity contribution in [2.45, 2.75) is 6.42 Å². The molecule has 5 rings (SSSR count). The summed E-state index contributed by atoms with van der Waals surface area (Å²) in [5.74, 6) is 0.950. The van der Waals surface area contributed by atoms with Gasteiger partial charge in [-0.3, -0.25) is 9.59 Å². The van der Waals surface area contributed by atoms with Crippen molar-refractivity contribution in [2.24, 2.45) is 0 Å². The molecule has 28 heavy (non-hydrogen) atoms. The molecular weight excluding hydrogens is 376 g/mol. The maximum Gasteiger partial charge on any atom is 0.268 e. The van der Waals surface area contributed by atoms with E-state index in [4.69, 9.17) is 9.47 Å². The normalized spacial score (nSPS) is 14.1. The number of amides is 2. The van der Waals surface area contributed by atoms with Gasteiger partial charge in [0.05, 0.1) is 4.88 Å². The molecule has 0 spiro atoms. The molecule has 2 aliphatic rings. The zero-order valence-corrected chi connectivity index (χ0v) is 15.6. The Morgan fingerprint density at radius 1 is 1.04 bits per heavy atom. The Morgan fingerprint density at radius 3 is 2.79 bits per heavy atom. The number of nitrogens with one attached hydrogen (secondary N) is 1. The molecule has 6 nitrogen and oxygen atoms in total. The van der Waals surface area contributed by atoms with Crippen LogP contribution in [0.4, 0.5) is 11.4 Å². The number of benzene rings is 2. The Bertz CT molecular complexity index is 1080. The minimum absolute atomic E-state index is 0.00648. The van der Waals surface area contributed by atoms with Crippen LogP contribution in [-0.4, -0.2) is 25.2 Å². The Balaban J connectivity index is 1.38. The van der Waals surface area contributed by atoms with Crippen LogP contribution in [0.2, 0.25) is 0 Å². The third-order valence-electron chi connectivity index (χ3n) is 4.85. The molecule has 7 heteroatoms. The van der Waals surface area contributed by atoms with Gasteiger partial charge in [0.2, 0.25) is 6.79 Å². The zero-order valence-electron chi connectivity index (χ0n) is 14.8. The number of hydrogen-bond acceptors (Lipinski definition) is 5. The lowest BCUT2D eigenvalue weighted by Crippen LogP contribution is -2.28. The molecular formula is C21H16N2O4S. The molecule has 0 saturated carbocycles. The van der Waals surface area contributed by atoms with Crippen molar-refractivity contribution in [1.29, 1.82) is 0 Å². The number of thiophene rings is 1. The van der Waals surface area contributed by atoms with Crippen LogP contribution in [-0.2, 0) is 6.42 Å². The largest absolute Gasteiger partial charge is 0.454 e. The highest BCUT2D eigenvalue weighted by Gasteiger charge is 2.26. The highest BCUT2D eigenvalue weighted by molar-refractivity contribution is 7.12. The molecule has 0 unspecified atom stereocenters. The highest BCUT2D eigenvalue weighted by atomic mass is 32.1. The van der Waals surface area contributed by atoms with E-state index < -0.39 is 0 Å². The summed E-state index contributed by atoms with van der Waals surface area (Å²) in [6, 6.07) is 14.5. The monoisotopic (exact) mass is 392 g/mol. The highest BCUT2D eigenvalue weighted by Crippen LogP contribution is 2.34. The van der Waals surface area contributed by atoms with Crippen molar-refractivity contribution in [3.05, 3.63) is 69.9 Å². The smallest absolute Gasteiger partial charge is 0.268 e. The first-order chi connectivity index (χ1) is 13.7. The second kappa shape index (κ2) is 6.69. The molecule has 0 fully saturated rings. The van der Waals surface area contributed by atoms with Crippen LogP contribution < -0.4 is 19.7 Å². The maximum atomic E-state index is 12.8. The van der Waals surface area contributed by atoms with Crippen LogP contribution in [0.5, 0.6) is 11.5 Å². The Labute approximate surface area is 165 Å². The third kappa shape index (κ3) is 2.90. The Morgan fingerprint density at radius 2 is 1.93 bits per heavy atom. The summed E-state index contributed by atoms with van der Waals surface area (Å²) in [5.41, 5.74) is 3.08. The minimum atomic E-state index is -0.243. The molecule has 140 valence electrons. The van der Waals surface area contributed by atoms with E-state index in [0.717, 1.165) is 17.7 Å². The fraction of sp³-hybridized carbons (Fsp3) is 0.143. The number of rotatable bonds is 3. The molecule has 2 amide bonds. The average Bonchev–Trinajstić information content (AvgIpc) is 3.46. The molecule has 0 atom stereocenters. The van der Waals surface area contributed by atoms with Crippen molar-refractivity contribution in [3.63, 3.8) is 0 Å². The van der Waals surface area contributed by atoms with Gasteiger partial charge in [0.1, 0.15) is 0 Å². The van der Waals surface area contributed by atoms with Gasteiger partial charge in [0, 0.05) is 23.5 Å². The summed E-state index contributed by atoms with van der Waals surface area (Å²) in [7, 11) is 0. The van der Waals surface area contributed by atoms with Gasteiger partial charge in [0.15, 0.2) is 11.5 Å². The van der Waals surface area contributed by atoms with Gasteiger partial charge >= 0.3 is 0 Å². The summed E-state index contributed by atoms with van der Waals surface area (Å²) in [6.07, 6.45) is 0.808. The van der Waals surface area contributed by atoms with Crippen LogP contribution in [0.25, 0.3) is 0 Å². The standard InChI is InChI=1S/C21H16N2O4S/c24-20(14-4-6-17-18(10-14)27-12-26-17)22-15-5-3-13-7-8-23(16(13)11-15)21(25)19-2-1-9-28-19/h1-6,9-11H,7-8,12H2,(H,22,24). The molecule has 3 heterocycles. The first kappa shape index (κ1) is 16.8. The van der Waals surface area contributed by atoms with Crippen LogP contribution in [0.15, 0.2) is 53.9 Å². The van der Waals surface area contributed by atoms with Gasteiger partial charge in [-0.05, 0) is 53.8 Å². The van der Waals surface area contributed by atoms with Crippen molar-refractivity contribution < 1.29 is 19.1 Å². The molecule has 0 radical (unpaired) electrons. The number of nitrogens with zero attached hydrogens (tertiary/aromatic N) is 1. The quantitative estimate of drug-likeness (QED) is 0.733. The Kier molecular flexibility index (Phi) is 4.02. The van der Waals surface area contributed by atoms with Crippen LogP contribution >= 0.6 is 11.3 Å². The second-order valence-electron chi connectivity index (χ2n) is 6.55.